The molecule has 1 heterocycles. The Labute approximate surface area is 135 Å². The second kappa shape index (κ2) is 7.26. The number of benzene rings is 2. The molecule has 23 heavy (non-hydrogen) atoms. The van der Waals surface area contributed by atoms with Gasteiger partial charge < -0.3 is 19.8 Å². The van der Waals surface area contributed by atoms with Crippen molar-refractivity contribution in [2.75, 3.05) is 26.9 Å². The number of hydrogen-bond donors (Lipinski definition) is 1. The van der Waals surface area contributed by atoms with Crippen LogP contribution in [0.15, 0.2) is 48.5 Å². The Morgan fingerprint density at radius 3 is 2.57 bits per heavy atom. The van der Waals surface area contributed by atoms with E-state index < -0.39 is 0 Å². The summed E-state index contributed by atoms with van der Waals surface area (Å²) in [4.78, 5) is 4.78. The fourth-order valence-electron chi connectivity index (χ4n) is 2.60. The van der Waals surface area contributed by atoms with Gasteiger partial charge in [-0.2, -0.15) is 0 Å². The molecule has 5 heteroatoms. The average molecular weight is 311 g/mol. The van der Waals surface area contributed by atoms with Crippen LogP contribution in [0.2, 0.25) is 0 Å². The van der Waals surface area contributed by atoms with Gasteiger partial charge in [-0.25, -0.2) is 4.98 Å². The van der Waals surface area contributed by atoms with E-state index in [2.05, 4.69) is 10.6 Å². The summed E-state index contributed by atoms with van der Waals surface area (Å²) < 4.78 is 13.0. The van der Waals surface area contributed by atoms with Crippen molar-refractivity contribution in [1.29, 1.82) is 0 Å². The van der Waals surface area contributed by atoms with Crippen LogP contribution in [0.25, 0.3) is 22.4 Å². The van der Waals surface area contributed by atoms with Gasteiger partial charge in [0, 0.05) is 18.7 Å². The van der Waals surface area contributed by atoms with E-state index in [0.717, 1.165) is 34.7 Å². The summed E-state index contributed by atoms with van der Waals surface area (Å²) in [6.07, 6.45) is 0. The smallest absolute Gasteiger partial charge is 0.141 e. The van der Waals surface area contributed by atoms with Gasteiger partial charge in [-0.15, -0.1) is 0 Å². The molecule has 0 bridgehead atoms. The molecule has 3 rings (SSSR count). The zero-order chi connectivity index (χ0) is 16.1. The highest BCUT2D eigenvalue weighted by Gasteiger charge is 2.12. The zero-order valence-corrected chi connectivity index (χ0v) is 13.2. The Hall–Kier alpha value is -2.37. The van der Waals surface area contributed by atoms with E-state index in [0.29, 0.717) is 19.8 Å². The quantitative estimate of drug-likeness (QED) is 0.681. The maximum atomic E-state index is 5.54. The molecule has 0 aliphatic carbocycles. The molecule has 0 saturated carbocycles. The van der Waals surface area contributed by atoms with Gasteiger partial charge in [0.2, 0.25) is 0 Å². The number of fused-ring (bicyclic) bond motifs is 1. The number of para-hydroxylation sites is 2. The molecule has 0 unspecified atom stereocenters. The lowest BCUT2D eigenvalue weighted by Crippen LogP contribution is -2.13. The molecule has 0 spiro atoms. The number of imidazole rings is 1. The summed E-state index contributed by atoms with van der Waals surface area (Å²) in [5.41, 5.74) is 8.62. The minimum atomic E-state index is 0.538. The molecule has 120 valence electrons. The Morgan fingerprint density at radius 2 is 1.83 bits per heavy atom. The summed E-state index contributed by atoms with van der Waals surface area (Å²) in [6, 6.07) is 16.1. The number of hydrogen-bond acceptors (Lipinski definition) is 4. The fraction of sp³-hybridized carbons (Fsp3) is 0.278. The van der Waals surface area contributed by atoms with Crippen molar-refractivity contribution < 1.29 is 9.47 Å². The van der Waals surface area contributed by atoms with Gasteiger partial charge in [0.1, 0.15) is 11.6 Å². The predicted octanol–water partition coefficient (Wildman–Crippen LogP) is 2.69. The van der Waals surface area contributed by atoms with Crippen molar-refractivity contribution in [2.24, 2.45) is 5.73 Å². The number of methoxy groups -OCH3 is 1. The second-order valence-corrected chi connectivity index (χ2v) is 5.21. The van der Waals surface area contributed by atoms with Crippen LogP contribution in [0.4, 0.5) is 0 Å². The first kappa shape index (κ1) is 15.5. The van der Waals surface area contributed by atoms with E-state index in [1.165, 1.54) is 0 Å². The van der Waals surface area contributed by atoms with E-state index in [1.807, 2.05) is 42.5 Å². The topological polar surface area (TPSA) is 62.3 Å². The minimum Gasteiger partial charge on any atom is -0.497 e. The van der Waals surface area contributed by atoms with Gasteiger partial charge in [0.25, 0.3) is 0 Å². The third-order valence-corrected chi connectivity index (χ3v) is 3.72. The van der Waals surface area contributed by atoms with Crippen LogP contribution in [-0.4, -0.2) is 36.4 Å². The highest BCUT2D eigenvalue weighted by Crippen LogP contribution is 2.26. The lowest BCUT2D eigenvalue weighted by Gasteiger charge is -2.10. The molecule has 0 aliphatic heterocycles. The Balaban J connectivity index is 1.96. The number of ether oxygens (including phenoxy) is 2. The van der Waals surface area contributed by atoms with Crippen LogP contribution in [0.3, 0.4) is 0 Å². The maximum absolute atomic E-state index is 5.54. The van der Waals surface area contributed by atoms with Crippen LogP contribution in [0.5, 0.6) is 5.75 Å². The van der Waals surface area contributed by atoms with E-state index in [-0.39, 0.29) is 0 Å². The SMILES string of the molecule is COc1ccc(-c2nc3ccccc3n2CCOCCN)cc1. The summed E-state index contributed by atoms with van der Waals surface area (Å²) in [5, 5.41) is 0. The molecule has 0 aliphatic rings. The zero-order valence-electron chi connectivity index (χ0n) is 13.2. The fourth-order valence-corrected chi connectivity index (χ4v) is 2.60. The first-order chi connectivity index (χ1) is 11.3. The number of nitrogens with two attached hydrogens (primary N) is 1. The van der Waals surface area contributed by atoms with Crippen LogP contribution in [-0.2, 0) is 11.3 Å². The van der Waals surface area contributed by atoms with Crippen LogP contribution < -0.4 is 10.5 Å². The van der Waals surface area contributed by atoms with Crippen molar-refractivity contribution >= 4 is 11.0 Å². The van der Waals surface area contributed by atoms with Gasteiger partial charge in [-0.05, 0) is 36.4 Å². The largest absolute Gasteiger partial charge is 0.497 e. The molecule has 2 aromatic carbocycles. The number of nitrogens with zero attached hydrogens (tertiary/aromatic N) is 2. The van der Waals surface area contributed by atoms with Gasteiger partial charge in [-0.1, -0.05) is 12.1 Å². The standard InChI is InChI=1S/C18H21N3O2/c1-22-15-8-6-14(7-9-15)18-20-16-4-2-3-5-17(16)21(18)11-13-23-12-10-19/h2-9H,10-13,19H2,1H3. The highest BCUT2D eigenvalue weighted by atomic mass is 16.5. The molecule has 0 radical (unpaired) electrons. The Morgan fingerprint density at radius 1 is 1.04 bits per heavy atom. The third-order valence-electron chi connectivity index (χ3n) is 3.72. The van der Waals surface area contributed by atoms with E-state index >= 15 is 0 Å². The molecule has 3 aromatic rings. The molecule has 0 atom stereocenters. The van der Waals surface area contributed by atoms with Crippen LogP contribution in [0.1, 0.15) is 0 Å². The van der Waals surface area contributed by atoms with Crippen molar-refractivity contribution in [2.45, 2.75) is 6.54 Å². The average Bonchev–Trinajstić information content (AvgIpc) is 2.97. The van der Waals surface area contributed by atoms with Gasteiger partial charge in [0.15, 0.2) is 0 Å². The Bertz CT molecular complexity index is 766. The van der Waals surface area contributed by atoms with Gasteiger partial charge in [-0.3, -0.25) is 0 Å². The molecule has 2 N–H and O–H groups in total. The molecule has 0 fully saturated rings. The van der Waals surface area contributed by atoms with Crippen molar-refractivity contribution in [3.05, 3.63) is 48.5 Å². The number of aromatic nitrogens is 2. The highest BCUT2D eigenvalue weighted by molar-refractivity contribution is 5.80. The molecular formula is C18H21N3O2. The predicted molar refractivity (Wildman–Crippen MR) is 91.6 cm³/mol. The first-order valence-corrected chi connectivity index (χ1v) is 7.71. The summed E-state index contributed by atoms with van der Waals surface area (Å²) in [7, 11) is 1.67. The van der Waals surface area contributed by atoms with Crippen LogP contribution >= 0.6 is 0 Å². The molecular weight excluding hydrogens is 290 g/mol. The normalized spacial score (nSPS) is 11.0. The maximum Gasteiger partial charge on any atom is 0.141 e. The minimum absolute atomic E-state index is 0.538. The van der Waals surface area contributed by atoms with Gasteiger partial charge in [0.05, 0.1) is 31.4 Å². The lowest BCUT2D eigenvalue weighted by atomic mass is 10.2. The van der Waals surface area contributed by atoms with Crippen molar-refractivity contribution in [3.63, 3.8) is 0 Å². The molecule has 1 aromatic heterocycles. The number of rotatable bonds is 7. The first-order valence-electron chi connectivity index (χ1n) is 7.71. The summed E-state index contributed by atoms with van der Waals surface area (Å²) in [5.74, 6) is 1.77. The van der Waals surface area contributed by atoms with E-state index in [1.54, 1.807) is 7.11 Å². The van der Waals surface area contributed by atoms with E-state index in [9.17, 15) is 0 Å². The second-order valence-electron chi connectivity index (χ2n) is 5.21. The molecule has 0 amide bonds. The molecule has 5 nitrogen and oxygen atoms in total. The monoisotopic (exact) mass is 311 g/mol. The summed E-state index contributed by atoms with van der Waals surface area (Å²) >= 11 is 0. The van der Waals surface area contributed by atoms with Crippen LogP contribution in [0, 0.1) is 0 Å². The Kier molecular flexibility index (Phi) is 4.90. The van der Waals surface area contributed by atoms with Gasteiger partial charge >= 0.3 is 0 Å². The van der Waals surface area contributed by atoms with Crippen molar-refractivity contribution in [1.82, 2.24) is 9.55 Å². The third kappa shape index (κ3) is 3.36. The lowest BCUT2D eigenvalue weighted by molar-refractivity contribution is 0.134. The van der Waals surface area contributed by atoms with E-state index in [4.69, 9.17) is 20.2 Å². The summed E-state index contributed by atoms with van der Waals surface area (Å²) in [6.45, 7) is 2.46. The van der Waals surface area contributed by atoms with Crippen molar-refractivity contribution in [3.8, 4) is 17.1 Å². The molecule has 0 saturated heterocycles.